The highest BCUT2D eigenvalue weighted by Gasteiger charge is 2.57. The van der Waals surface area contributed by atoms with Gasteiger partial charge in [0, 0.05) is 24.5 Å². The van der Waals surface area contributed by atoms with Crippen LogP contribution in [-0.2, 0) is 5.41 Å². The lowest BCUT2D eigenvalue weighted by atomic mass is 9.55. The van der Waals surface area contributed by atoms with Crippen LogP contribution in [-0.4, -0.2) is 53.4 Å². The van der Waals surface area contributed by atoms with Crippen LogP contribution in [0.25, 0.3) is 0 Å². The minimum absolute atomic E-state index is 0.252. The van der Waals surface area contributed by atoms with E-state index in [2.05, 4.69) is 16.3 Å². The lowest BCUT2D eigenvalue weighted by molar-refractivity contribution is -0.126. The van der Waals surface area contributed by atoms with Crippen molar-refractivity contribution in [3.8, 4) is 5.75 Å². The van der Waals surface area contributed by atoms with E-state index >= 15 is 0 Å². The van der Waals surface area contributed by atoms with Crippen LogP contribution in [0.1, 0.15) is 44.1 Å². The van der Waals surface area contributed by atoms with Crippen LogP contribution in [0.3, 0.4) is 0 Å². The maximum atomic E-state index is 11.8. The van der Waals surface area contributed by atoms with Gasteiger partial charge in [-0.3, -0.25) is 0 Å². The normalized spacial score (nSPS) is 37.2. The van der Waals surface area contributed by atoms with Crippen molar-refractivity contribution in [1.29, 1.82) is 0 Å². The number of aliphatic hydroxyl groups is 1. The maximum absolute atomic E-state index is 11.8. The molecule has 0 bridgehead atoms. The first-order chi connectivity index (χ1) is 11.5. The topological polar surface area (TPSA) is 55.7 Å². The average molecular weight is 330 g/mol. The summed E-state index contributed by atoms with van der Waals surface area (Å²) in [4.78, 5) is 2.48. The number of phenolic OH excluding ortho intramolecular Hbond substituents is 1. The summed E-state index contributed by atoms with van der Waals surface area (Å²) in [7, 11) is 2.02. The molecule has 3 N–H and O–H groups in total. The fraction of sp³-hybridized carbons (Fsp3) is 0.700. The SMILES string of the molecule is CN[C@H]1CC[C@@]2(O)CN(CC3CC3)CC[C@]2(c2cccc(O)c2)C1. The lowest BCUT2D eigenvalue weighted by Crippen LogP contribution is -2.66. The molecule has 0 amide bonds. The molecule has 24 heavy (non-hydrogen) atoms. The van der Waals surface area contributed by atoms with Crippen molar-refractivity contribution < 1.29 is 10.2 Å². The van der Waals surface area contributed by atoms with Crippen LogP contribution in [0.2, 0.25) is 0 Å². The molecule has 0 radical (unpaired) electrons. The first-order valence-corrected chi connectivity index (χ1v) is 9.46. The first-order valence-electron chi connectivity index (χ1n) is 9.46. The molecular weight excluding hydrogens is 300 g/mol. The smallest absolute Gasteiger partial charge is 0.115 e. The second-order valence-electron chi connectivity index (χ2n) is 8.32. The minimum Gasteiger partial charge on any atom is -0.508 e. The van der Waals surface area contributed by atoms with Crippen molar-refractivity contribution in [3.05, 3.63) is 29.8 Å². The van der Waals surface area contributed by atoms with Gasteiger partial charge < -0.3 is 20.4 Å². The summed E-state index contributed by atoms with van der Waals surface area (Å²) in [5.74, 6) is 1.16. The molecule has 4 nitrogen and oxygen atoms in total. The lowest BCUT2D eigenvalue weighted by Gasteiger charge is -2.58. The Balaban J connectivity index is 1.68. The van der Waals surface area contributed by atoms with Gasteiger partial charge in [0.1, 0.15) is 5.75 Å². The molecule has 2 aliphatic carbocycles. The summed E-state index contributed by atoms with van der Waals surface area (Å²) in [5, 5.41) is 25.2. The van der Waals surface area contributed by atoms with Crippen LogP contribution < -0.4 is 5.32 Å². The highest BCUT2D eigenvalue weighted by molar-refractivity contribution is 5.38. The Labute approximate surface area is 144 Å². The molecule has 4 heteroatoms. The molecule has 2 saturated carbocycles. The number of phenols is 1. The third kappa shape index (κ3) is 2.75. The van der Waals surface area contributed by atoms with E-state index < -0.39 is 5.60 Å². The summed E-state index contributed by atoms with van der Waals surface area (Å²) < 4.78 is 0. The minimum atomic E-state index is -0.693. The van der Waals surface area contributed by atoms with Crippen LogP contribution in [0.15, 0.2) is 24.3 Å². The summed E-state index contributed by atoms with van der Waals surface area (Å²) in [6.45, 7) is 2.97. The van der Waals surface area contributed by atoms with Gasteiger partial charge in [0.25, 0.3) is 0 Å². The molecule has 1 aromatic rings. The van der Waals surface area contributed by atoms with E-state index in [4.69, 9.17) is 0 Å². The molecule has 1 aromatic carbocycles. The number of piperidine rings is 1. The van der Waals surface area contributed by atoms with E-state index in [1.165, 1.54) is 12.8 Å². The summed E-state index contributed by atoms with van der Waals surface area (Å²) >= 11 is 0. The van der Waals surface area contributed by atoms with Crippen molar-refractivity contribution >= 4 is 0 Å². The van der Waals surface area contributed by atoms with Gasteiger partial charge in [0.05, 0.1) is 5.60 Å². The third-order valence-corrected chi connectivity index (χ3v) is 6.75. The molecule has 3 aliphatic rings. The van der Waals surface area contributed by atoms with E-state index in [0.29, 0.717) is 11.8 Å². The van der Waals surface area contributed by atoms with Gasteiger partial charge in [-0.05, 0) is 75.7 Å². The van der Waals surface area contributed by atoms with Crippen molar-refractivity contribution in [2.75, 3.05) is 26.7 Å². The molecule has 0 unspecified atom stereocenters. The Hall–Kier alpha value is -1.10. The molecule has 4 rings (SSSR count). The number of fused-ring (bicyclic) bond motifs is 1. The summed E-state index contributed by atoms with van der Waals surface area (Å²) in [6.07, 6.45) is 6.47. The van der Waals surface area contributed by atoms with Crippen molar-refractivity contribution in [2.24, 2.45) is 5.92 Å². The number of aromatic hydroxyl groups is 1. The van der Waals surface area contributed by atoms with E-state index in [9.17, 15) is 10.2 Å². The fourth-order valence-electron chi connectivity index (χ4n) is 5.13. The number of β-amino-alcohol motifs (C(OH)–C–C–N with tert-alkyl or cyclic N) is 1. The van der Waals surface area contributed by atoms with Gasteiger partial charge in [0.15, 0.2) is 0 Å². The fourth-order valence-corrected chi connectivity index (χ4v) is 5.13. The number of nitrogens with zero attached hydrogens (tertiary/aromatic N) is 1. The van der Waals surface area contributed by atoms with Gasteiger partial charge in [-0.15, -0.1) is 0 Å². The second kappa shape index (κ2) is 6.01. The van der Waals surface area contributed by atoms with Gasteiger partial charge in [-0.1, -0.05) is 12.1 Å². The summed E-state index contributed by atoms with van der Waals surface area (Å²) in [6, 6.07) is 8.04. The Morgan fingerprint density at radius 3 is 2.79 bits per heavy atom. The van der Waals surface area contributed by atoms with Crippen LogP contribution >= 0.6 is 0 Å². The monoisotopic (exact) mass is 330 g/mol. The molecular formula is C20H30N2O2. The quantitative estimate of drug-likeness (QED) is 0.793. The number of nitrogens with one attached hydrogen (secondary N) is 1. The van der Waals surface area contributed by atoms with E-state index in [-0.39, 0.29) is 5.41 Å². The molecule has 1 saturated heterocycles. The van der Waals surface area contributed by atoms with Crippen molar-refractivity contribution in [1.82, 2.24) is 10.2 Å². The molecule has 3 fully saturated rings. The van der Waals surface area contributed by atoms with Crippen LogP contribution in [0.4, 0.5) is 0 Å². The molecule has 0 spiro atoms. The molecule has 1 aliphatic heterocycles. The highest BCUT2D eigenvalue weighted by Crippen LogP contribution is 2.52. The third-order valence-electron chi connectivity index (χ3n) is 6.75. The molecule has 3 atom stereocenters. The number of likely N-dealkylation sites (tertiary alicyclic amines) is 1. The molecule has 0 aromatic heterocycles. The van der Waals surface area contributed by atoms with Crippen molar-refractivity contribution in [2.45, 2.75) is 55.6 Å². The van der Waals surface area contributed by atoms with E-state index in [0.717, 1.165) is 56.8 Å². The Morgan fingerprint density at radius 2 is 2.08 bits per heavy atom. The predicted octanol–water partition coefficient (Wildman–Crippen LogP) is 2.25. The zero-order chi connectivity index (χ0) is 16.8. The largest absolute Gasteiger partial charge is 0.508 e. The second-order valence-corrected chi connectivity index (χ2v) is 8.32. The summed E-state index contributed by atoms with van der Waals surface area (Å²) in [5.41, 5.74) is 0.162. The number of hydrogen-bond acceptors (Lipinski definition) is 4. The van der Waals surface area contributed by atoms with E-state index in [1.807, 2.05) is 19.2 Å². The number of hydrogen-bond donors (Lipinski definition) is 3. The number of benzene rings is 1. The van der Waals surface area contributed by atoms with Crippen LogP contribution in [0.5, 0.6) is 5.75 Å². The maximum Gasteiger partial charge on any atom is 0.115 e. The first kappa shape index (κ1) is 16.4. The van der Waals surface area contributed by atoms with Crippen molar-refractivity contribution in [3.63, 3.8) is 0 Å². The standard InChI is InChI=1S/C20H30N2O2/c1-21-17-7-8-20(24)14-22(13-15-5-6-15)10-9-19(20,12-17)16-3-2-4-18(23)11-16/h2-4,11,15,17,21,23-24H,5-10,12-14H2,1H3/t17-,19+,20+/m0/s1. The zero-order valence-electron chi connectivity index (χ0n) is 14.7. The van der Waals surface area contributed by atoms with Gasteiger partial charge in [-0.2, -0.15) is 0 Å². The Kier molecular flexibility index (Phi) is 4.10. The average Bonchev–Trinajstić information content (AvgIpc) is 3.38. The van der Waals surface area contributed by atoms with E-state index in [1.54, 1.807) is 6.07 Å². The van der Waals surface area contributed by atoms with Gasteiger partial charge in [0.2, 0.25) is 0 Å². The van der Waals surface area contributed by atoms with Gasteiger partial charge in [-0.25, -0.2) is 0 Å². The Morgan fingerprint density at radius 1 is 1.25 bits per heavy atom. The molecule has 1 heterocycles. The molecule has 132 valence electrons. The highest BCUT2D eigenvalue weighted by atomic mass is 16.3. The number of rotatable bonds is 4. The zero-order valence-corrected chi connectivity index (χ0v) is 14.7. The Bertz CT molecular complexity index is 603. The predicted molar refractivity (Wildman–Crippen MR) is 95.2 cm³/mol. The van der Waals surface area contributed by atoms with Gasteiger partial charge >= 0.3 is 0 Å². The van der Waals surface area contributed by atoms with Crippen LogP contribution in [0, 0.1) is 5.92 Å².